The van der Waals surface area contributed by atoms with Crippen molar-refractivity contribution in [1.29, 1.82) is 0 Å². The molecule has 3 N–H and O–H groups in total. The van der Waals surface area contributed by atoms with E-state index in [1.165, 1.54) is 0 Å². The number of fused-ring (bicyclic) bond motifs is 2. The van der Waals surface area contributed by atoms with Gasteiger partial charge >= 0.3 is 0 Å². The largest absolute Gasteiger partial charge is 0.398 e. The van der Waals surface area contributed by atoms with Crippen LogP contribution in [-0.4, -0.2) is 30.4 Å². The topological polar surface area (TPSA) is 78.7 Å². The maximum absolute atomic E-state index is 13.7. The number of nitrogen functional groups attached to an aromatic ring is 1. The lowest BCUT2D eigenvalue weighted by Gasteiger charge is -2.45. The van der Waals surface area contributed by atoms with E-state index in [1.54, 1.807) is 4.90 Å². The summed E-state index contributed by atoms with van der Waals surface area (Å²) in [5.74, 6) is -0.0742. The quantitative estimate of drug-likeness (QED) is 0.717. The number of nitrogens with two attached hydrogens (primary N) is 1. The summed E-state index contributed by atoms with van der Waals surface area (Å²) in [5.41, 5.74) is 9.89. The zero-order valence-corrected chi connectivity index (χ0v) is 17.7. The number of carbonyl (C=O) groups is 2. The van der Waals surface area contributed by atoms with E-state index >= 15 is 0 Å². The van der Waals surface area contributed by atoms with Crippen LogP contribution in [-0.2, 0) is 16.0 Å². The van der Waals surface area contributed by atoms with Crippen LogP contribution in [0.5, 0.6) is 0 Å². The molecule has 0 unspecified atom stereocenters. The van der Waals surface area contributed by atoms with E-state index in [0.717, 1.165) is 54.9 Å². The van der Waals surface area contributed by atoms with E-state index in [-0.39, 0.29) is 30.8 Å². The summed E-state index contributed by atoms with van der Waals surface area (Å²) in [4.78, 5) is 30.7. The number of hydrogen-bond donors (Lipinski definition) is 2. The van der Waals surface area contributed by atoms with Crippen molar-refractivity contribution in [3.05, 3.63) is 48.0 Å². The number of nitrogens with one attached hydrogen (secondary N) is 1. The minimum absolute atomic E-state index is 0. The lowest BCUT2D eigenvalue weighted by Crippen LogP contribution is -2.62. The monoisotopic (exact) mass is 426 g/mol. The first-order valence-electron chi connectivity index (χ1n) is 10.5. The van der Waals surface area contributed by atoms with Gasteiger partial charge < -0.3 is 16.0 Å². The van der Waals surface area contributed by atoms with Gasteiger partial charge in [-0.3, -0.25) is 14.5 Å². The molecule has 1 fully saturated rings. The lowest BCUT2D eigenvalue weighted by atomic mass is 9.89. The number of benzene rings is 2. The highest BCUT2D eigenvalue weighted by Gasteiger charge is 2.52. The number of halogens is 1. The highest BCUT2D eigenvalue weighted by atomic mass is 35.5. The first-order valence-corrected chi connectivity index (χ1v) is 10.5. The summed E-state index contributed by atoms with van der Waals surface area (Å²) in [5, 5.41) is 3.04. The summed E-state index contributed by atoms with van der Waals surface area (Å²) in [6.45, 7) is 1.07. The number of nitrogens with zero attached hydrogens (tertiary/aromatic N) is 2. The zero-order chi connectivity index (χ0) is 20.0. The van der Waals surface area contributed by atoms with Crippen LogP contribution >= 0.6 is 12.4 Å². The molecule has 0 radical (unpaired) electrons. The van der Waals surface area contributed by atoms with E-state index in [9.17, 15) is 9.59 Å². The highest BCUT2D eigenvalue weighted by molar-refractivity contribution is 6.15. The molecule has 5 rings (SSSR count). The van der Waals surface area contributed by atoms with E-state index in [4.69, 9.17) is 5.73 Å². The van der Waals surface area contributed by atoms with Gasteiger partial charge in [-0.15, -0.1) is 12.4 Å². The predicted octanol–water partition coefficient (Wildman–Crippen LogP) is 3.74. The molecule has 3 aliphatic rings. The van der Waals surface area contributed by atoms with E-state index in [2.05, 4.69) is 10.2 Å². The minimum atomic E-state index is -0.764. The van der Waals surface area contributed by atoms with Gasteiger partial charge in [0.25, 0.3) is 5.91 Å². The Balaban J connectivity index is 0.00000218. The Kier molecular flexibility index (Phi) is 5.36. The van der Waals surface area contributed by atoms with Crippen LogP contribution < -0.4 is 20.9 Å². The Morgan fingerprint density at radius 3 is 2.57 bits per heavy atom. The Hall–Kier alpha value is -2.73. The van der Waals surface area contributed by atoms with Crippen molar-refractivity contribution in [2.24, 2.45) is 0 Å². The van der Waals surface area contributed by atoms with Crippen LogP contribution in [0.15, 0.2) is 42.5 Å². The molecule has 2 aromatic rings. The summed E-state index contributed by atoms with van der Waals surface area (Å²) in [7, 11) is 0. The van der Waals surface area contributed by atoms with Gasteiger partial charge in [-0.2, -0.15) is 0 Å². The average molecular weight is 427 g/mol. The third-order valence-electron chi connectivity index (χ3n) is 6.63. The van der Waals surface area contributed by atoms with Crippen LogP contribution in [0, 0.1) is 0 Å². The molecule has 0 atom stereocenters. The Labute approximate surface area is 182 Å². The second-order valence-corrected chi connectivity index (χ2v) is 8.31. The Morgan fingerprint density at radius 2 is 1.77 bits per heavy atom. The number of amides is 2. The van der Waals surface area contributed by atoms with E-state index in [1.807, 2.05) is 42.5 Å². The number of anilines is 4. The molecule has 0 bridgehead atoms. The highest BCUT2D eigenvalue weighted by Crippen LogP contribution is 2.45. The van der Waals surface area contributed by atoms with Gasteiger partial charge in [0.15, 0.2) is 0 Å². The first-order chi connectivity index (χ1) is 14.1. The molecule has 30 heavy (non-hydrogen) atoms. The summed E-state index contributed by atoms with van der Waals surface area (Å²) >= 11 is 0. The van der Waals surface area contributed by atoms with Crippen LogP contribution in [0.25, 0.3) is 0 Å². The van der Waals surface area contributed by atoms with Gasteiger partial charge in [-0.1, -0.05) is 31.0 Å². The van der Waals surface area contributed by atoms with Crippen molar-refractivity contribution < 1.29 is 9.59 Å². The fraction of sp³-hybridized carbons (Fsp3) is 0.391. The molecular weight excluding hydrogens is 400 g/mol. The molecule has 1 saturated carbocycles. The molecular formula is C23H27ClN4O2. The molecule has 158 valence electrons. The maximum Gasteiger partial charge on any atom is 0.250 e. The lowest BCUT2D eigenvalue weighted by molar-refractivity contribution is -0.126. The average Bonchev–Trinajstić information content (AvgIpc) is 3.20. The standard InChI is InChI=1S/C23H26N4O2.ClH/c24-17-8-5-11-19-16(17)7-6-14-26(19)15-21(28)27-20-10-2-1-9-18(20)25-22(29)23(27)12-3-4-13-23;/h1-2,5,8-11H,3-4,6-7,12-15,24H2,(H,25,29);1H. The summed E-state index contributed by atoms with van der Waals surface area (Å²) < 4.78 is 0. The number of hydrogen-bond acceptors (Lipinski definition) is 4. The number of para-hydroxylation sites is 2. The van der Waals surface area contributed by atoms with Crippen LogP contribution in [0.3, 0.4) is 0 Å². The third kappa shape index (κ3) is 3.10. The zero-order valence-electron chi connectivity index (χ0n) is 16.9. The molecule has 0 aromatic heterocycles. The van der Waals surface area contributed by atoms with Crippen molar-refractivity contribution in [3.8, 4) is 0 Å². The van der Waals surface area contributed by atoms with Crippen LogP contribution in [0.2, 0.25) is 0 Å². The SMILES string of the molecule is Cl.Nc1cccc2c1CCCN2CC(=O)N1c2ccccc2NC(=O)C12CCCC2. The van der Waals surface area contributed by atoms with E-state index < -0.39 is 5.54 Å². The third-order valence-corrected chi connectivity index (χ3v) is 6.63. The van der Waals surface area contributed by atoms with Crippen molar-refractivity contribution in [3.63, 3.8) is 0 Å². The normalized spacial score (nSPS) is 19.0. The van der Waals surface area contributed by atoms with Crippen molar-refractivity contribution in [2.75, 3.05) is 33.9 Å². The molecule has 2 amide bonds. The van der Waals surface area contributed by atoms with Gasteiger partial charge in [-0.05, 0) is 55.5 Å². The second-order valence-electron chi connectivity index (χ2n) is 8.31. The second kappa shape index (κ2) is 7.84. The molecule has 2 aliphatic heterocycles. The fourth-order valence-electron chi connectivity index (χ4n) is 5.25. The molecule has 2 aromatic carbocycles. The number of rotatable bonds is 2. The Morgan fingerprint density at radius 1 is 1.03 bits per heavy atom. The summed E-state index contributed by atoms with van der Waals surface area (Å²) in [6, 6.07) is 13.5. The molecule has 1 spiro atoms. The molecule has 7 heteroatoms. The summed E-state index contributed by atoms with van der Waals surface area (Å²) in [6.07, 6.45) is 5.25. The smallest absolute Gasteiger partial charge is 0.250 e. The molecule has 1 aliphatic carbocycles. The van der Waals surface area contributed by atoms with Crippen LogP contribution in [0.4, 0.5) is 22.7 Å². The first kappa shape index (κ1) is 20.5. The van der Waals surface area contributed by atoms with Gasteiger partial charge in [0.05, 0.1) is 17.9 Å². The number of carbonyl (C=O) groups excluding carboxylic acids is 2. The Bertz CT molecular complexity index is 987. The van der Waals surface area contributed by atoms with Crippen molar-refractivity contribution in [2.45, 2.75) is 44.1 Å². The minimum Gasteiger partial charge on any atom is -0.398 e. The maximum atomic E-state index is 13.7. The van der Waals surface area contributed by atoms with Crippen LogP contribution in [0.1, 0.15) is 37.7 Å². The van der Waals surface area contributed by atoms with Crippen molar-refractivity contribution >= 4 is 47.0 Å². The van der Waals surface area contributed by atoms with E-state index in [0.29, 0.717) is 18.5 Å². The van der Waals surface area contributed by atoms with Gasteiger partial charge in [0, 0.05) is 17.9 Å². The van der Waals surface area contributed by atoms with Gasteiger partial charge in [-0.25, -0.2) is 0 Å². The fourth-order valence-corrected chi connectivity index (χ4v) is 5.25. The van der Waals surface area contributed by atoms with Crippen molar-refractivity contribution in [1.82, 2.24) is 0 Å². The van der Waals surface area contributed by atoms with Gasteiger partial charge in [0.2, 0.25) is 5.91 Å². The van der Waals surface area contributed by atoms with Gasteiger partial charge in [0.1, 0.15) is 5.54 Å². The molecule has 2 heterocycles. The molecule has 0 saturated heterocycles. The predicted molar refractivity (Wildman–Crippen MR) is 122 cm³/mol. The molecule has 6 nitrogen and oxygen atoms in total.